The van der Waals surface area contributed by atoms with Gasteiger partial charge < -0.3 is 10.3 Å². The van der Waals surface area contributed by atoms with Gasteiger partial charge in [-0.1, -0.05) is 12.9 Å². The van der Waals surface area contributed by atoms with Crippen molar-refractivity contribution in [2.24, 2.45) is 0 Å². The molecule has 0 aromatic carbocycles. The molecule has 0 radical (unpaired) electrons. The summed E-state index contributed by atoms with van der Waals surface area (Å²) in [6, 6.07) is 1.75. The van der Waals surface area contributed by atoms with Crippen LogP contribution in [-0.2, 0) is 0 Å². The molecule has 8 heavy (non-hydrogen) atoms. The number of aromatic nitrogens is 2. The molecule has 0 amide bonds. The van der Waals surface area contributed by atoms with Crippen LogP contribution in [0.1, 0.15) is 0 Å². The van der Waals surface area contributed by atoms with Gasteiger partial charge >= 0.3 is 0 Å². The van der Waals surface area contributed by atoms with Gasteiger partial charge in [0.15, 0.2) is 0 Å². The molecule has 0 aliphatic rings. The van der Waals surface area contributed by atoms with Gasteiger partial charge in [-0.25, -0.2) is 0 Å². The molecule has 0 spiro atoms. The second-order valence-electron chi connectivity index (χ2n) is 1.29. The fourth-order valence-electron chi connectivity index (χ4n) is 0.416. The maximum atomic E-state index is 3.82. The van der Waals surface area contributed by atoms with Crippen LogP contribution in [0.4, 0.5) is 5.82 Å². The van der Waals surface area contributed by atoms with E-state index in [-0.39, 0.29) is 0 Å². The summed E-state index contributed by atoms with van der Waals surface area (Å²) >= 11 is 0. The van der Waals surface area contributed by atoms with Gasteiger partial charge in [-0.3, -0.25) is 4.98 Å². The highest BCUT2D eigenvalue weighted by atomic mass is 15.0. The summed E-state index contributed by atoms with van der Waals surface area (Å²) in [6.07, 6.45) is 3.14. The molecule has 3 heteroatoms. The minimum atomic E-state index is 0.722. The van der Waals surface area contributed by atoms with Crippen LogP contribution in [-0.4, -0.2) is 17.0 Å². The highest BCUT2D eigenvalue weighted by molar-refractivity contribution is 5.36. The second-order valence-corrected chi connectivity index (χ2v) is 1.29. The maximum absolute atomic E-state index is 3.82. The SMILES string of the molecule is C[N-]c1ccncn1. The third kappa shape index (κ3) is 0.932. The number of hydrogen-bond acceptors (Lipinski definition) is 2. The van der Waals surface area contributed by atoms with E-state index in [1.165, 1.54) is 6.33 Å². The Morgan fingerprint density at radius 1 is 1.62 bits per heavy atom. The molecule has 0 aliphatic carbocycles. The first-order valence-corrected chi connectivity index (χ1v) is 2.29. The van der Waals surface area contributed by atoms with E-state index in [1.54, 1.807) is 19.3 Å². The fraction of sp³-hybridized carbons (Fsp3) is 0.200. The Morgan fingerprint density at radius 3 is 2.88 bits per heavy atom. The van der Waals surface area contributed by atoms with Gasteiger partial charge in [0.2, 0.25) is 0 Å². The summed E-state index contributed by atoms with van der Waals surface area (Å²) in [5, 5.41) is 3.82. The molecule has 0 atom stereocenters. The summed E-state index contributed by atoms with van der Waals surface area (Å²) in [5.41, 5.74) is 0. The average Bonchev–Trinajstić information content (AvgIpc) is 1.90. The summed E-state index contributed by atoms with van der Waals surface area (Å²) in [6.45, 7) is 0. The predicted octanol–water partition coefficient (Wildman–Crippen LogP) is 1.11. The minimum absolute atomic E-state index is 0.722. The highest BCUT2D eigenvalue weighted by Gasteiger charge is 1.68. The smallest absolute Gasteiger partial charge is 0.0262 e. The molecule has 0 saturated carbocycles. The van der Waals surface area contributed by atoms with Crippen LogP contribution in [0, 0.1) is 0 Å². The summed E-state index contributed by atoms with van der Waals surface area (Å²) < 4.78 is 0. The van der Waals surface area contributed by atoms with Gasteiger partial charge in [-0.05, 0) is 6.07 Å². The van der Waals surface area contributed by atoms with E-state index in [9.17, 15) is 0 Å². The zero-order valence-electron chi connectivity index (χ0n) is 4.57. The van der Waals surface area contributed by atoms with Crippen molar-refractivity contribution < 1.29 is 0 Å². The normalized spacial score (nSPS) is 8.62. The van der Waals surface area contributed by atoms with E-state index < -0.39 is 0 Å². The van der Waals surface area contributed by atoms with E-state index in [0.29, 0.717) is 0 Å². The Balaban J connectivity index is 2.83. The zero-order chi connectivity index (χ0) is 5.82. The van der Waals surface area contributed by atoms with Gasteiger partial charge in [0.1, 0.15) is 0 Å². The second kappa shape index (κ2) is 2.26. The van der Waals surface area contributed by atoms with Gasteiger partial charge in [0.05, 0.1) is 0 Å². The zero-order valence-corrected chi connectivity index (χ0v) is 4.57. The van der Waals surface area contributed by atoms with E-state index in [1.807, 2.05) is 0 Å². The van der Waals surface area contributed by atoms with Crippen molar-refractivity contribution in [1.29, 1.82) is 0 Å². The molecule has 1 aromatic heterocycles. The number of nitrogens with zero attached hydrogens (tertiary/aromatic N) is 3. The monoisotopic (exact) mass is 108 g/mol. The molecular weight excluding hydrogens is 102 g/mol. The molecule has 1 rings (SSSR count). The van der Waals surface area contributed by atoms with Crippen molar-refractivity contribution in [3.63, 3.8) is 0 Å². The van der Waals surface area contributed by atoms with Crippen molar-refractivity contribution in [1.82, 2.24) is 9.97 Å². The Kier molecular flexibility index (Phi) is 1.42. The lowest BCUT2D eigenvalue weighted by molar-refractivity contribution is 1.17. The third-order valence-electron chi connectivity index (χ3n) is 0.795. The van der Waals surface area contributed by atoms with E-state index in [4.69, 9.17) is 0 Å². The Hall–Kier alpha value is -1.12. The van der Waals surface area contributed by atoms with Crippen molar-refractivity contribution in [3.05, 3.63) is 23.9 Å². The lowest BCUT2D eigenvalue weighted by atomic mass is 10.6. The lowest BCUT2D eigenvalue weighted by Crippen LogP contribution is -1.74. The van der Waals surface area contributed by atoms with Gasteiger partial charge in [-0.2, -0.15) is 0 Å². The summed E-state index contributed by atoms with van der Waals surface area (Å²) in [5.74, 6) is 0.722. The molecular formula is C5H6N3-. The largest absolute Gasteiger partial charge is 0.469 e. The molecule has 3 nitrogen and oxygen atoms in total. The Bertz CT molecular complexity index is 149. The molecule has 1 heterocycles. The average molecular weight is 108 g/mol. The van der Waals surface area contributed by atoms with Gasteiger partial charge in [0, 0.05) is 12.5 Å². The molecule has 42 valence electrons. The van der Waals surface area contributed by atoms with Crippen molar-refractivity contribution in [2.45, 2.75) is 0 Å². The highest BCUT2D eigenvalue weighted by Crippen LogP contribution is 2.06. The summed E-state index contributed by atoms with van der Waals surface area (Å²) in [4.78, 5) is 7.54. The summed E-state index contributed by atoms with van der Waals surface area (Å²) in [7, 11) is 1.70. The molecule has 0 fully saturated rings. The Labute approximate surface area is 47.8 Å². The molecule has 1 aromatic rings. The molecule has 0 saturated heterocycles. The molecule has 0 aliphatic heterocycles. The van der Waals surface area contributed by atoms with Crippen LogP contribution in [0.15, 0.2) is 18.6 Å². The van der Waals surface area contributed by atoms with E-state index in [2.05, 4.69) is 15.3 Å². The van der Waals surface area contributed by atoms with Crippen LogP contribution in [0.2, 0.25) is 0 Å². The van der Waals surface area contributed by atoms with E-state index in [0.717, 1.165) is 5.82 Å². The number of hydrogen-bond donors (Lipinski definition) is 0. The molecule has 0 unspecified atom stereocenters. The van der Waals surface area contributed by atoms with E-state index >= 15 is 0 Å². The topological polar surface area (TPSA) is 39.9 Å². The quantitative estimate of drug-likeness (QED) is 0.540. The van der Waals surface area contributed by atoms with Crippen molar-refractivity contribution >= 4 is 5.82 Å². The number of rotatable bonds is 1. The van der Waals surface area contributed by atoms with Crippen LogP contribution in [0.3, 0.4) is 0 Å². The van der Waals surface area contributed by atoms with Crippen molar-refractivity contribution in [2.75, 3.05) is 7.05 Å². The standard InChI is InChI=1S/C5H6N3/c1-6-5-2-3-7-4-8-5/h2-4H,1H3/q-1. The Morgan fingerprint density at radius 2 is 2.50 bits per heavy atom. The van der Waals surface area contributed by atoms with Gasteiger partial charge in [-0.15, -0.1) is 0 Å². The lowest BCUT2D eigenvalue weighted by Gasteiger charge is -2.04. The fourth-order valence-corrected chi connectivity index (χ4v) is 0.416. The van der Waals surface area contributed by atoms with Crippen LogP contribution in [0.25, 0.3) is 5.32 Å². The first-order chi connectivity index (χ1) is 3.93. The first kappa shape index (κ1) is 5.03. The van der Waals surface area contributed by atoms with Crippen LogP contribution < -0.4 is 0 Å². The maximum Gasteiger partial charge on any atom is 0.0262 e. The minimum Gasteiger partial charge on any atom is -0.469 e. The van der Waals surface area contributed by atoms with Gasteiger partial charge in [0.25, 0.3) is 0 Å². The predicted molar refractivity (Wildman–Crippen MR) is 31.0 cm³/mol. The van der Waals surface area contributed by atoms with Crippen molar-refractivity contribution in [3.8, 4) is 0 Å². The van der Waals surface area contributed by atoms with Crippen LogP contribution >= 0.6 is 0 Å². The third-order valence-corrected chi connectivity index (χ3v) is 0.795. The molecule has 0 N–H and O–H groups in total. The molecule has 0 bridgehead atoms. The van der Waals surface area contributed by atoms with Crippen LogP contribution in [0.5, 0.6) is 0 Å². The first-order valence-electron chi connectivity index (χ1n) is 2.29.